The van der Waals surface area contributed by atoms with Crippen molar-refractivity contribution in [1.29, 1.82) is 0 Å². The number of rotatable bonds is 3. The van der Waals surface area contributed by atoms with Gasteiger partial charge >= 0.3 is 6.18 Å². The number of aromatic nitrogens is 2. The van der Waals surface area contributed by atoms with E-state index in [1.165, 1.54) is 26.8 Å². The molecule has 12 heteroatoms. The molecule has 0 bridgehead atoms. The van der Waals surface area contributed by atoms with Crippen molar-refractivity contribution >= 4 is 33.2 Å². The number of carbonyl (C=O) groups excluding carboxylic acids is 1. The Morgan fingerprint density at radius 3 is 2.32 bits per heavy atom. The molecule has 0 radical (unpaired) electrons. The fourth-order valence-corrected chi connectivity index (χ4v) is 3.25. The maximum atomic E-state index is 13.5. The molecule has 0 aliphatic heterocycles. The molecular weight excluding hydrogens is 421 g/mol. The van der Waals surface area contributed by atoms with Gasteiger partial charge in [-0.2, -0.15) is 13.2 Å². The lowest BCUT2D eigenvalue weighted by molar-refractivity contribution is -0.138. The summed E-state index contributed by atoms with van der Waals surface area (Å²) in [4.78, 5) is 19.8. The second-order valence-corrected chi connectivity index (χ2v) is 8.71. The van der Waals surface area contributed by atoms with E-state index in [0.29, 0.717) is 6.20 Å². The van der Waals surface area contributed by atoms with Gasteiger partial charge in [-0.25, -0.2) is 23.5 Å². The predicted octanol–water partition coefficient (Wildman–Crippen LogP) is 3.35. The monoisotopic (exact) mass is 436 g/mol. The van der Waals surface area contributed by atoms with Crippen molar-refractivity contribution in [3.63, 3.8) is 0 Å². The van der Waals surface area contributed by atoms with Crippen molar-refractivity contribution in [1.82, 2.24) is 9.97 Å². The van der Waals surface area contributed by atoms with E-state index >= 15 is 0 Å². The van der Waals surface area contributed by atoms with E-state index in [-0.39, 0.29) is 11.3 Å². The molecule has 0 saturated carbocycles. The Kier molecular flexibility index (Phi) is 5.75. The number of alkyl halides is 3. The molecule has 0 aromatic carbocycles. The minimum absolute atomic E-state index is 0.0441. The van der Waals surface area contributed by atoms with E-state index in [1.807, 2.05) is 0 Å². The molecule has 2 heterocycles. The van der Waals surface area contributed by atoms with Crippen LogP contribution < -0.4 is 10.5 Å². The van der Waals surface area contributed by atoms with Gasteiger partial charge in [0.25, 0.3) is 15.9 Å². The number of hydrogen-bond acceptors (Lipinski definition) is 5. The number of nitrogens with one attached hydrogen (secondary N) is 1. The lowest BCUT2D eigenvalue weighted by atomic mass is 9.81. The summed E-state index contributed by atoms with van der Waals surface area (Å²) < 4.78 is 63.1. The van der Waals surface area contributed by atoms with Crippen molar-refractivity contribution in [2.45, 2.75) is 37.4 Å². The van der Waals surface area contributed by atoms with Crippen LogP contribution in [0.2, 0.25) is 5.15 Å². The number of amides is 1. The number of hydrogen-bond donors (Lipinski definition) is 2. The van der Waals surface area contributed by atoms with E-state index < -0.39 is 48.8 Å². The van der Waals surface area contributed by atoms with Crippen LogP contribution in [0.4, 0.5) is 18.9 Å². The van der Waals surface area contributed by atoms with E-state index in [1.54, 1.807) is 0 Å². The molecular formula is C16H16ClF3N4O3S. The standard InChI is InChI=1S/C16H16ClF3N4O3S/c1-15(2,3)12-9(16(18,19)20)7-23-13(17)11(12)14(25)24-8-4-5-22-10(6-8)28(21,26)27/h4-7H,1-3H3,(H2,21,26,27)(H,22,24,25). The van der Waals surface area contributed by atoms with Crippen LogP contribution in [-0.4, -0.2) is 24.3 Å². The molecule has 0 aliphatic carbocycles. The van der Waals surface area contributed by atoms with Gasteiger partial charge < -0.3 is 5.32 Å². The Hall–Kier alpha value is -2.24. The van der Waals surface area contributed by atoms with E-state index in [4.69, 9.17) is 16.7 Å². The normalized spacial score (nSPS) is 12.7. The third kappa shape index (κ3) is 4.78. The summed E-state index contributed by atoms with van der Waals surface area (Å²) in [6.45, 7) is 4.49. The number of anilines is 1. The smallest absolute Gasteiger partial charge is 0.322 e. The molecule has 2 aromatic rings. The fraction of sp³-hybridized carbons (Fsp3) is 0.312. The molecule has 0 unspecified atom stereocenters. The van der Waals surface area contributed by atoms with Crippen LogP contribution in [0.1, 0.15) is 42.3 Å². The Morgan fingerprint density at radius 2 is 1.82 bits per heavy atom. The van der Waals surface area contributed by atoms with E-state index in [2.05, 4.69) is 15.3 Å². The Labute approximate surface area is 164 Å². The summed E-state index contributed by atoms with van der Waals surface area (Å²) in [6, 6.07) is 2.22. The number of primary sulfonamides is 1. The summed E-state index contributed by atoms with van der Waals surface area (Å²) >= 11 is 5.95. The van der Waals surface area contributed by atoms with Gasteiger partial charge in [0.1, 0.15) is 5.15 Å². The van der Waals surface area contributed by atoms with Crippen LogP contribution in [0.15, 0.2) is 29.6 Å². The molecule has 2 rings (SSSR count). The van der Waals surface area contributed by atoms with Gasteiger partial charge in [0.2, 0.25) is 0 Å². The molecule has 0 spiro atoms. The average Bonchev–Trinajstić information content (AvgIpc) is 2.51. The van der Waals surface area contributed by atoms with Crippen molar-refractivity contribution in [3.05, 3.63) is 46.4 Å². The van der Waals surface area contributed by atoms with Gasteiger partial charge in [-0.15, -0.1) is 0 Å². The van der Waals surface area contributed by atoms with Gasteiger partial charge in [0, 0.05) is 24.1 Å². The largest absolute Gasteiger partial charge is 0.418 e. The molecule has 0 fully saturated rings. The second kappa shape index (κ2) is 7.30. The van der Waals surface area contributed by atoms with Crippen LogP contribution in [-0.2, 0) is 21.6 Å². The second-order valence-electron chi connectivity index (χ2n) is 6.84. The van der Waals surface area contributed by atoms with Gasteiger partial charge in [-0.1, -0.05) is 32.4 Å². The molecule has 0 atom stereocenters. The van der Waals surface area contributed by atoms with Crippen LogP contribution >= 0.6 is 11.6 Å². The summed E-state index contributed by atoms with van der Waals surface area (Å²) in [5.74, 6) is -0.986. The van der Waals surface area contributed by atoms with Crippen molar-refractivity contribution in [2.75, 3.05) is 5.32 Å². The highest BCUT2D eigenvalue weighted by atomic mass is 35.5. The highest BCUT2D eigenvalue weighted by Crippen LogP contribution is 2.40. The number of halogens is 4. The predicted molar refractivity (Wildman–Crippen MR) is 96.5 cm³/mol. The number of sulfonamides is 1. The highest BCUT2D eigenvalue weighted by Gasteiger charge is 2.40. The number of nitrogens with zero attached hydrogens (tertiary/aromatic N) is 2. The quantitative estimate of drug-likeness (QED) is 0.716. The van der Waals surface area contributed by atoms with E-state index in [9.17, 15) is 26.4 Å². The maximum Gasteiger partial charge on any atom is 0.418 e. The van der Waals surface area contributed by atoms with Crippen LogP contribution in [0.3, 0.4) is 0 Å². The Morgan fingerprint density at radius 1 is 1.21 bits per heavy atom. The molecule has 28 heavy (non-hydrogen) atoms. The third-order valence-electron chi connectivity index (χ3n) is 3.60. The van der Waals surface area contributed by atoms with Gasteiger partial charge in [0.05, 0.1) is 11.1 Å². The lowest BCUT2D eigenvalue weighted by Crippen LogP contribution is -2.27. The zero-order valence-electron chi connectivity index (χ0n) is 14.9. The summed E-state index contributed by atoms with van der Waals surface area (Å²) in [5, 5.41) is 6.35. The minimum Gasteiger partial charge on any atom is -0.322 e. The zero-order valence-corrected chi connectivity index (χ0v) is 16.5. The first-order chi connectivity index (χ1) is 12.6. The maximum absolute atomic E-state index is 13.5. The highest BCUT2D eigenvalue weighted by molar-refractivity contribution is 7.89. The molecule has 2 aromatic heterocycles. The third-order valence-corrected chi connectivity index (χ3v) is 4.69. The van der Waals surface area contributed by atoms with Gasteiger partial charge in [0.15, 0.2) is 5.03 Å². The lowest BCUT2D eigenvalue weighted by Gasteiger charge is -2.27. The topological polar surface area (TPSA) is 115 Å². The molecule has 3 N–H and O–H groups in total. The fourth-order valence-electron chi connectivity index (χ4n) is 2.53. The molecule has 7 nitrogen and oxygen atoms in total. The summed E-state index contributed by atoms with van der Waals surface area (Å²) in [5.41, 5.74) is -3.03. The molecule has 152 valence electrons. The first-order valence-electron chi connectivity index (χ1n) is 7.68. The number of pyridine rings is 2. The van der Waals surface area contributed by atoms with Crippen LogP contribution in [0.25, 0.3) is 0 Å². The van der Waals surface area contributed by atoms with Crippen molar-refractivity contribution < 1.29 is 26.4 Å². The molecule has 1 amide bonds. The van der Waals surface area contributed by atoms with Gasteiger partial charge in [-0.05, 0) is 17.0 Å². The minimum atomic E-state index is -4.76. The van der Waals surface area contributed by atoms with Crippen molar-refractivity contribution in [2.24, 2.45) is 5.14 Å². The number of carbonyl (C=O) groups is 1. The average molecular weight is 437 g/mol. The van der Waals surface area contributed by atoms with E-state index in [0.717, 1.165) is 12.3 Å². The molecule has 0 aliphatic rings. The first-order valence-corrected chi connectivity index (χ1v) is 9.61. The number of nitrogens with two attached hydrogens (primary N) is 1. The summed E-state index contributed by atoms with van der Waals surface area (Å²) in [6.07, 6.45) is -3.11. The SMILES string of the molecule is CC(C)(C)c1c(C(F)(F)F)cnc(Cl)c1C(=O)Nc1ccnc(S(N)(=O)=O)c1. The van der Waals surface area contributed by atoms with Crippen molar-refractivity contribution in [3.8, 4) is 0 Å². The van der Waals surface area contributed by atoms with Gasteiger partial charge in [-0.3, -0.25) is 4.79 Å². The van der Waals surface area contributed by atoms with Crippen LogP contribution in [0.5, 0.6) is 0 Å². The summed E-state index contributed by atoms with van der Waals surface area (Å²) in [7, 11) is -4.14. The Bertz CT molecular complexity index is 1030. The Balaban J connectivity index is 2.61. The molecule has 0 saturated heterocycles. The van der Waals surface area contributed by atoms with Crippen LogP contribution in [0, 0.1) is 0 Å². The zero-order chi connectivity index (χ0) is 21.5. The first kappa shape index (κ1) is 22.1.